The predicted molar refractivity (Wildman–Crippen MR) is 111 cm³/mol. The van der Waals surface area contributed by atoms with Crippen LogP contribution < -0.4 is 10.2 Å². The average molecular weight is 355 g/mol. The quantitative estimate of drug-likeness (QED) is 0.574. The molecule has 4 rings (SSSR count). The van der Waals surface area contributed by atoms with E-state index in [0.29, 0.717) is 11.2 Å². The number of aromatic nitrogens is 2. The zero-order chi connectivity index (χ0) is 19.1. The Bertz CT molecular complexity index is 1190. The molecular weight excluding hydrogens is 334 g/mol. The summed E-state index contributed by atoms with van der Waals surface area (Å²) in [4.78, 5) is 6.81. The van der Waals surface area contributed by atoms with E-state index in [1.165, 1.54) is 0 Å². The van der Waals surface area contributed by atoms with Gasteiger partial charge in [-0.3, -0.25) is 4.40 Å². The first-order valence-corrected chi connectivity index (χ1v) is 8.85. The molecule has 0 fully saturated rings. The van der Waals surface area contributed by atoms with Gasteiger partial charge in [-0.15, -0.1) is 0 Å². The molecule has 5 nitrogen and oxygen atoms in total. The summed E-state index contributed by atoms with van der Waals surface area (Å²) in [5.74, 6) is 0.894. The standard InChI is InChI=1S/C22H21N5/c1-14-5-10-20-19(11-14)25-22-18(13-23)15(2)12-21(27(20)22)24-16-6-8-17(9-7-16)26(3)4/h5-12,24H,1-4H3. The summed E-state index contributed by atoms with van der Waals surface area (Å²) >= 11 is 0. The van der Waals surface area contributed by atoms with E-state index in [-0.39, 0.29) is 0 Å². The van der Waals surface area contributed by atoms with E-state index in [0.717, 1.165) is 39.4 Å². The molecule has 2 heterocycles. The number of rotatable bonds is 3. The normalized spacial score (nSPS) is 10.9. The Morgan fingerprint density at radius 2 is 1.78 bits per heavy atom. The van der Waals surface area contributed by atoms with Gasteiger partial charge in [-0.2, -0.15) is 5.26 Å². The number of nitrogens with one attached hydrogen (secondary N) is 1. The van der Waals surface area contributed by atoms with Crippen molar-refractivity contribution in [3.05, 3.63) is 65.2 Å². The Morgan fingerprint density at radius 3 is 2.44 bits per heavy atom. The van der Waals surface area contributed by atoms with Gasteiger partial charge in [-0.1, -0.05) is 6.07 Å². The van der Waals surface area contributed by atoms with Crippen molar-refractivity contribution in [3.8, 4) is 6.07 Å². The second-order valence-corrected chi connectivity index (χ2v) is 7.03. The molecule has 27 heavy (non-hydrogen) atoms. The van der Waals surface area contributed by atoms with Crippen LogP contribution in [0.25, 0.3) is 16.7 Å². The summed E-state index contributed by atoms with van der Waals surface area (Å²) in [6, 6.07) is 18.7. The molecule has 0 aliphatic carbocycles. The van der Waals surface area contributed by atoms with Gasteiger partial charge in [0.05, 0.1) is 16.6 Å². The lowest BCUT2D eigenvalue weighted by Crippen LogP contribution is -2.08. The number of hydrogen-bond acceptors (Lipinski definition) is 4. The van der Waals surface area contributed by atoms with E-state index >= 15 is 0 Å². The number of pyridine rings is 1. The average Bonchev–Trinajstić information content (AvgIpc) is 3.00. The van der Waals surface area contributed by atoms with Crippen molar-refractivity contribution in [1.82, 2.24) is 9.38 Å². The van der Waals surface area contributed by atoms with Crippen LogP contribution in [0.5, 0.6) is 0 Å². The maximum atomic E-state index is 9.63. The van der Waals surface area contributed by atoms with Crippen molar-refractivity contribution in [2.24, 2.45) is 0 Å². The fourth-order valence-electron chi connectivity index (χ4n) is 3.34. The fourth-order valence-corrected chi connectivity index (χ4v) is 3.34. The number of benzene rings is 2. The lowest BCUT2D eigenvalue weighted by atomic mass is 10.1. The topological polar surface area (TPSA) is 56.4 Å². The number of imidazole rings is 1. The smallest absolute Gasteiger partial charge is 0.157 e. The summed E-state index contributed by atoms with van der Waals surface area (Å²) in [7, 11) is 4.05. The van der Waals surface area contributed by atoms with E-state index in [9.17, 15) is 5.26 Å². The molecule has 5 heteroatoms. The molecule has 0 aliphatic heterocycles. The van der Waals surface area contributed by atoms with Crippen LogP contribution in [0, 0.1) is 25.2 Å². The first-order valence-electron chi connectivity index (χ1n) is 8.85. The fraction of sp³-hybridized carbons (Fsp3) is 0.182. The van der Waals surface area contributed by atoms with Crippen molar-refractivity contribution in [2.45, 2.75) is 13.8 Å². The third kappa shape index (κ3) is 2.85. The summed E-state index contributed by atoms with van der Waals surface area (Å²) < 4.78 is 2.03. The first kappa shape index (κ1) is 16.9. The van der Waals surface area contributed by atoms with E-state index in [2.05, 4.69) is 58.8 Å². The molecule has 0 saturated carbocycles. The van der Waals surface area contributed by atoms with Gasteiger partial charge in [0.2, 0.25) is 0 Å². The van der Waals surface area contributed by atoms with Crippen LogP contribution in [0.2, 0.25) is 0 Å². The monoisotopic (exact) mass is 355 g/mol. The molecule has 0 spiro atoms. The number of nitriles is 1. The third-order valence-electron chi connectivity index (χ3n) is 4.79. The van der Waals surface area contributed by atoms with Crippen molar-refractivity contribution < 1.29 is 0 Å². The third-order valence-corrected chi connectivity index (χ3v) is 4.79. The number of anilines is 3. The molecule has 0 radical (unpaired) electrons. The Kier molecular flexibility index (Phi) is 3.97. The lowest BCUT2D eigenvalue weighted by Gasteiger charge is -2.15. The minimum Gasteiger partial charge on any atom is -0.378 e. The van der Waals surface area contributed by atoms with Gasteiger partial charge in [0.1, 0.15) is 11.9 Å². The van der Waals surface area contributed by atoms with E-state index in [4.69, 9.17) is 4.98 Å². The van der Waals surface area contributed by atoms with Gasteiger partial charge in [-0.25, -0.2) is 4.98 Å². The molecule has 0 unspecified atom stereocenters. The highest BCUT2D eigenvalue weighted by Crippen LogP contribution is 2.29. The number of aryl methyl sites for hydroxylation is 2. The lowest BCUT2D eigenvalue weighted by molar-refractivity contribution is 1.13. The number of fused-ring (bicyclic) bond motifs is 3. The maximum Gasteiger partial charge on any atom is 0.157 e. The van der Waals surface area contributed by atoms with E-state index < -0.39 is 0 Å². The largest absolute Gasteiger partial charge is 0.378 e. The number of hydrogen-bond donors (Lipinski definition) is 1. The van der Waals surface area contributed by atoms with Crippen LogP contribution in [0.4, 0.5) is 17.2 Å². The van der Waals surface area contributed by atoms with Gasteiger partial charge in [0, 0.05) is 25.5 Å². The minimum atomic E-state index is 0.609. The highest BCUT2D eigenvalue weighted by molar-refractivity contribution is 5.86. The van der Waals surface area contributed by atoms with Gasteiger partial charge in [0.15, 0.2) is 5.65 Å². The van der Waals surface area contributed by atoms with Gasteiger partial charge >= 0.3 is 0 Å². The van der Waals surface area contributed by atoms with Crippen LogP contribution in [-0.2, 0) is 0 Å². The molecule has 2 aromatic carbocycles. The Morgan fingerprint density at radius 1 is 1.04 bits per heavy atom. The summed E-state index contributed by atoms with van der Waals surface area (Å²) in [6.07, 6.45) is 0. The highest BCUT2D eigenvalue weighted by Gasteiger charge is 2.15. The van der Waals surface area contributed by atoms with Crippen LogP contribution >= 0.6 is 0 Å². The van der Waals surface area contributed by atoms with Crippen LogP contribution in [0.3, 0.4) is 0 Å². The molecular formula is C22H21N5. The Labute approximate surface area is 158 Å². The van der Waals surface area contributed by atoms with Crippen LogP contribution in [0.15, 0.2) is 48.5 Å². The zero-order valence-electron chi connectivity index (χ0n) is 15.9. The second kappa shape index (κ2) is 6.33. The maximum absolute atomic E-state index is 9.63. The van der Waals surface area contributed by atoms with E-state index in [1.807, 2.05) is 38.4 Å². The SMILES string of the molecule is Cc1ccc2c(c1)nc1c(C#N)c(C)cc(Nc3ccc(N(C)C)cc3)n12. The Hall–Kier alpha value is -3.52. The molecule has 0 amide bonds. The van der Waals surface area contributed by atoms with Gasteiger partial charge in [0.25, 0.3) is 0 Å². The van der Waals surface area contributed by atoms with Crippen molar-refractivity contribution in [1.29, 1.82) is 5.26 Å². The van der Waals surface area contributed by atoms with Gasteiger partial charge in [-0.05, 0) is 67.4 Å². The first-order chi connectivity index (χ1) is 13.0. The zero-order valence-corrected chi connectivity index (χ0v) is 15.9. The van der Waals surface area contributed by atoms with Crippen molar-refractivity contribution in [2.75, 3.05) is 24.3 Å². The molecule has 0 aliphatic rings. The molecule has 134 valence electrons. The van der Waals surface area contributed by atoms with E-state index in [1.54, 1.807) is 0 Å². The van der Waals surface area contributed by atoms with Crippen molar-refractivity contribution in [3.63, 3.8) is 0 Å². The van der Waals surface area contributed by atoms with Crippen molar-refractivity contribution >= 4 is 33.9 Å². The molecule has 0 atom stereocenters. The summed E-state index contributed by atoms with van der Waals surface area (Å²) in [5.41, 5.74) is 7.36. The predicted octanol–water partition coefficient (Wildman–Crippen LogP) is 4.79. The second-order valence-electron chi connectivity index (χ2n) is 7.03. The molecule has 4 aromatic rings. The minimum absolute atomic E-state index is 0.609. The molecule has 0 saturated heterocycles. The highest BCUT2D eigenvalue weighted by atomic mass is 15.1. The summed E-state index contributed by atoms with van der Waals surface area (Å²) in [6.45, 7) is 3.99. The van der Waals surface area contributed by atoms with Crippen LogP contribution in [0.1, 0.15) is 16.7 Å². The number of nitrogens with zero attached hydrogens (tertiary/aromatic N) is 4. The molecule has 2 aromatic heterocycles. The summed E-state index contributed by atoms with van der Waals surface area (Å²) in [5, 5.41) is 13.1. The van der Waals surface area contributed by atoms with Crippen LogP contribution in [-0.4, -0.2) is 23.5 Å². The molecule has 0 bridgehead atoms. The van der Waals surface area contributed by atoms with Gasteiger partial charge < -0.3 is 10.2 Å². The Balaban J connectivity index is 1.92. The molecule has 1 N–H and O–H groups in total.